The molecule has 3 fully saturated rings. The molecule has 0 aromatic heterocycles. The summed E-state index contributed by atoms with van der Waals surface area (Å²) in [5.74, 6) is 1.10. The molecule has 0 atom stereocenters. The second kappa shape index (κ2) is 8.51. The van der Waals surface area contributed by atoms with Crippen molar-refractivity contribution in [3.63, 3.8) is 0 Å². The van der Waals surface area contributed by atoms with Crippen LogP contribution in [0.5, 0.6) is 0 Å². The minimum atomic E-state index is 0.579. The number of likely N-dealkylation sites (tertiary alicyclic amines) is 1. The molecule has 148 valence electrons. The van der Waals surface area contributed by atoms with Crippen molar-refractivity contribution in [3.8, 4) is 0 Å². The molecule has 1 aliphatic carbocycles. The number of nitrogens with zero attached hydrogens (tertiary/aromatic N) is 3. The third kappa shape index (κ3) is 4.40. The summed E-state index contributed by atoms with van der Waals surface area (Å²) < 4.78 is 5.45. The van der Waals surface area contributed by atoms with Crippen LogP contribution in [0.4, 0.5) is 5.69 Å². The quantitative estimate of drug-likeness (QED) is 0.652. The van der Waals surface area contributed by atoms with E-state index in [-0.39, 0.29) is 0 Å². The molecule has 0 radical (unpaired) electrons. The highest BCUT2D eigenvalue weighted by atomic mass is 16.5. The van der Waals surface area contributed by atoms with E-state index in [4.69, 9.17) is 9.73 Å². The number of ether oxygens (including phenoxy) is 1. The van der Waals surface area contributed by atoms with Gasteiger partial charge >= 0.3 is 0 Å². The Labute approximate surface area is 163 Å². The molecule has 2 heterocycles. The molecule has 0 amide bonds. The number of hydrogen-bond acceptors (Lipinski definition) is 3. The summed E-state index contributed by atoms with van der Waals surface area (Å²) in [6, 6.07) is 8.90. The number of morpholine rings is 1. The highest BCUT2D eigenvalue weighted by molar-refractivity contribution is 5.80. The van der Waals surface area contributed by atoms with Crippen molar-refractivity contribution < 1.29 is 4.74 Å². The molecule has 1 spiro atoms. The van der Waals surface area contributed by atoms with E-state index in [1.54, 1.807) is 0 Å². The van der Waals surface area contributed by atoms with Crippen LogP contribution in [0.15, 0.2) is 29.3 Å². The molecule has 1 aromatic carbocycles. The number of nitrogens with one attached hydrogen (secondary N) is 1. The number of anilines is 1. The molecule has 1 N–H and O–H groups in total. The molecule has 1 saturated carbocycles. The third-order valence-electron chi connectivity index (χ3n) is 6.46. The lowest BCUT2D eigenvalue weighted by molar-refractivity contribution is 0.122. The highest BCUT2D eigenvalue weighted by Gasteiger charge is 2.41. The van der Waals surface area contributed by atoms with Gasteiger partial charge in [0.05, 0.1) is 19.8 Å². The first-order chi connectivity index (χ1) is 13.3. The Morgan fingerprint density at radius 2 is 1.81 bits per heavy atom. The van der Waals surface area contributed by atoms with E-state index in [9.17, 15) is 0 Å². The zero-order valence-corrected chi connectivity index (χ0v) is 16.8. The van der Waals surface area contributed by atoms with Crippen molar-refractivity contribution in [1.82, 2.24) is 10.2 Å². The van der Waals surface area contributed by atoms with E-state index in [1.165, 1.54) is 49.9 Å². The van der Waals surface area contributed by atoms with Crippen LogP contribution in [0.2, 0.25) is 0 Å². The van der Waals surface area contributed by atoms with Gasteiger partial charge in [-0.3, -0.25) is 0 Å². The number of benzene rings is 1. The predicted molar refractivity (Wildman–Crippen MR) is 111 cm³/mol. The van der Waals surface area contributed by atoms with E-state index in [1.807, 2.05) is 0 Å². The smallest absolute Gasteiger partial charge is 0.194 e. The van der Waals surface area contributed by atoms with Gasteiger partial charge in [-0.05, 0) is 49.3 Å². The normalized spacial score (nSPS) is 22.6. The molecular weight excluding hydrogens is 336 g/mol. The molecule has 4 rings (SSSR count). The fraction of sp³-hybridized carbons (Fsp3) is 0.682. The molecule has 5 nitrogen and oxygen atoms in total. The minimum absolute atomic E-state index is 0.579. The van der Waals surface area contributed by atoms with Gasteiger partial charge < -0.3 is 19.9 Å². The molecule has 27 heavy (non-hydrogen) atoms. The van der Waals surface area contributed by atoms with Crippen LogP contribution < -0.4 is 10.2 Å². The van der Waals surface area contributed by atoms with Crippen LogP contribution in [0.3, 0.4) is 0 Å². The van der Waals surface area contributed by atoms with Gasteiger partial charge in [-0.15, -0.1) is 0 Å². The van der Waals surface area contributed by atoms with Crippen LogP contribution in [0, 0.1) is 5.41 Å². The molecule has 2 saturated heterocycles. The maximum atomic E-state index is 5.45. The lowest BCUT2D eigenvalue weighted by atomic mass is 9.86. The fourth-order valence-electron chi connectivity index (χ4n) is 4.87. The van der Waals surface area contributed by atoms with Crippen molar-refractivity contribution in [2.45, 2.75) is 45.6 Å². The monoisotopic (exact) mass is 370 g/mol. The Morgan fingerprint density at radius 1 is 1.07 bits per heavy atom. The molecule has 0 unspecified atom stereocenters. The molecule has 2 aliphatic heterocycles. The summed E-state index contributed by atoms with van der Waals surface area (Å²) in [5.41, 5.74) is 3.15. The van der Waals surface area contributed by atoms with Crippen LogP contribution in [0.25, 0.3) is 0 Å². The fourth-order valence-corrected chi connectivity index (χ4v) is 4.87. The summed E-state index contributed by atoms with van der Waals surface area (Å²) in [4.78, 5) is 9.85. The summed E-state index contributed by atoms with van der Waals surface area (Å²) in [6.45, 7) is 9.81. The average molecular weight is 371 g/mol. The van der Waals surface area contributed by atoms with E-state index in [2.05, 4.69) is 46.3 Å². The standard InChI is InChI=1S/C22H34N4O/c1-2-23-21(26-12-11-22(18-26)9-3-4-10-22)24-17-19-5-7-20(8-6-19)25-13-15-27-16-14-25/h5-8H,2-4,9-18H2,1H3,(H,23,24). The Bertz CT molecular complexity index is 630. The van der Waals surface area contributed by atoms with Crippen molar-refractivity contribution in [2.24, 2.45) is 10.4 Å². The topological polar surface area (TPSA) is 40.1 Å². The summed E-state index contributed by atoms with van der Waals surface area (Å²) in [5, 5.41) is 3.52. The lowest BCUT2D eigenvalue weighted by Crippen LogP contribution is -2.41. The van der Waals surface area contributed by atoms with Crippen molar-refractivity contribution in [3.05, 3.63) is 29.8 Å². The Balaban J connectivity index is 1.38. The first-order valence-corrected chi connectivity index (χ1v) is 10.7. The van der Waals surface area contributed by atoms with E-state index in [0.29, 0.717) is 5.41 Å². The van der Waals surface area contributed by atoms with Crippen molar-refractivity contribution >= 4 is 11.6 Å². The number of aliphatic imine (C=N–C) groups is 1. The highest BCUT2D eigenvalue weighted by Crippen LogP contribution is 2.45. The molecule has 3 aliphatic rings. The maximum absolute atomic E-state index is 5.45. The Hall–Kier alpha value is -1.75. The zero-order valence-electron chi connectivity index (χ0n) is 16.8. The van der Waals surface area contributed by atoms with Crippen LogP contribution >= 0.6 is 0 Å². The predicted octanol–water partition coefficient (Wildman–Crippen LogP) is 3.25. The van der Waals surface area contributed by atoms with Crippen LogP contribution in [0.1, 0.15) is 44.6 Å². The number of guanidine groups is 1. The van der Waals surface area contributed by atoms with Crippen molar-refractivity contribution in [2.75, 3.05) is 50.8 Å². The van der Waals surface area contributed by atoms with Crippen LogP contribution in [-0.2, 0) is 11.3 Å². The maximum Gasteiger partial charge on any atom is 0.194 e. The first kappa shape index (κ1) is 18.6. The summed E-state index contributed by atoms with van der Waals surface area (Å²) >= 11 is 0. The van der Waals surface area contributed by atoms with Crippen LogP contribution in [-0.4, -0.2) is 56.8 Å². The number of hydrogen-bond donors (Lipinski definition) is 1. The average Bonchev–Trinajstić information content (AvgIpc) is 3.36. The van der Waals surface area contributed by atoms with E-state index in [0.717, 1.165) is 51.9 Å². The van der Waals surface area contributed by atoms with Gasteiger partial charge in [-0.1, -0.05) is 25.0 Å². The second-order valence-electron chi connectivity index (χ2n) is 8.31. The van der Waals surface area contributed by atoms with Gasteiger partial charge in [0.25, 0.3) is 0 Å². The molecular formula is C22H34N4O. The largest absolute Gasteiger partial charge is 0.378 e. The van der Waals surface area contributed by atoms with Gasteiger partial charge in [0.1, 0.15) is 0 Å². The van der Waals surface area contributed by atoms with Crippen molar-refractivity contribution in [1.29, 1.82) is 0 Å². The molecule has 1 aromatic rings. The van der Waals surface area contributed by atoms with Gasteiger partial charge in [0.15, 0.2) is 5.96 Å². The summed E-state index contributed by atoms with van der Waals surface area (Å²) in [6.07, 6.45) is 6.98. The molecule has 5 heteroatoms. The summed E-state index contributed by atoms with van der Waals surface area (Å²) in [7, 11) is 0. The third-order valence-corrected chi connectivity index (χ3v) is 6.46. The second-order valence-corrected chi connectivity index (χ2v) is 8.31. The van der Waals surface area contributed by atoms with E-state index >= 15 is 0 Å². The Kier molecular flexibility index (Phi) is 5.86. The van der Waals surface area contributed by atoms with E-state index < -0.39 is 0 Å². The Morgan fingerprint density at radius 3 is 2.52 bits per heavy atom. The van der Waals surface area contributed by atoms with Gasteiger partial charge in [0, 0.05) is 38.4 Å². The molecule has 0 bridgehead atoms. The lowest BCUT2D eigenvalue weighted by Gasteiger charge is -2.29. The number of rotatable bonds is 4. The SMILES string of the molecule is CCNC(=NCc1ccc(N2CCOCC2)cc1)N1CCC2(CCCC2)C1. The zero-order chi connectivity index (χ0) is 18.5. The first-order valence-electron chi connectivity index (χ1n) is 10.7. The van der Waals surface area contributed by atoms with Gasteiger partial charge in [0.2, 0.25) is 0 Å². The van der Waals surface area contributed by atoms with Gasteiger partial charge in [-0.2, -0.15) is 0 Å². The van der Waals surface area contributed by atoms with Gasteiger partial charge in [-0.25, -0.2) is 4.99 Å². The minimum Gasteiger partial charge on any atom is -0.378 e.